The number of nitrogens with one attached hydrogen (secondary N) is 1. The van der Waals surface area contributed by atoms with Crippen LogP contribution >= 0.6 is 0 Å². The Morgan fingerprint density at radius 3 is 2.60 bits per heavy atom. The molecule has 5 nitrogen and oxygen atoms in total. The van der Waals surface area contributed by atoms with Crippen LogP contribution < -0.4 is 14.8 Å². The summed E-state index contributed by atoms with van der Waals surface area (Å²) in [6.07, 6.45) is 4.69. The Hall–Kier alpha value is -2.17. The zero-order chi connectivity index (χ0) is 14.5. The lowest BCUT2D eigenvalue weighted by molar-refractivity contribution is 0.354. The van der Waals surface area contributed by atoms with E-state index in [1.807, 2.05) is 31.6 Å². The van der Waals surface area contributed by atoms with E-state index in [9.17, 15) is 0 Å². The summed E-state index contributed by atoms with van der Waals surface area (Å²) in [4.78, 5) is 0. The summed E-state index contributed by atoms with van der Waals surface area (Å²) in [5.41, 5.74) is 2.23. The van der Waals surface area contributed by atoms with E-state index in [2.05, 4.69) is 23.4 Å². The summed E-state index contributed by atoms with van der Waals surface area (Å²) in [7, 11) is 5.20. The van der Waals surface area contributed by atoms with Crippen molar-refractivity contribution in [1.29, 1.82) is 0 Å². The fraction of sp³-hybridized carbons (Fsp3) is 0.400. The molecule has 0 spiro atoms. The van der Waals surface area contributed by atoms with Crippen LogP contribution in [0, 0.1) is 0 Å². The normalized spacial score (nSPS) is 12.0. The number of methoxy groups -OCH3 is 2. The van der Waals surface area contributed by atoms with Crippen LogP contribution in [0.1, 0.15) is 12.5 Å². The average Bonchev–Trinajstić information content (AvgIpc) is 2.83. The lowest BCUT2D eigenvalue weighted by Gasteiger charge is -2.15. The van der Waals surface area contributed by atoms with Gasteiger partial charge in [0.2, 0.25) is 0 Å². The number of ether oxygens (including phenoxy) is 2. The summed E-state index contributed by atoms with van der Waals surface area (Å²) < 4.78 is 12.3. The third kappa shape index (κ3) is 3.44. The Bertz CT molecular complexity index is 566. The topological polar surface area (TPSA) is 48.3 Å². The van der Waals surface area contributed by atoms with Crippen molar-refractivity contribution in [3.63, 3.8) is 0 Å². The molecule has 5 heteroatoms. The van der Waals surface area contributed by atoms with Crippen molar-refractivity contribution in [1.82, 2.24) is 9.78 Å². The van der Waals surface area contributed by atoms with Crippen molar-refractivity contribution in [2.24, 2.45) is 7.05 Å². The largest absolute Gasteiger partial charge is 0.493 e. The van der Waals surface area contributed by atoms with Gasteiger partial charge in [-0.1, -0.05) is 6.07 Å². The monoisotopic (exact) mass is 275 g/mol. The number of hydrogen-bond acceptors (Lipinski definition) is 4. The van der Waals surface area contributed by atoms with E-state index >= 15 is 0 Å². The first-order chi connectivity index (χ1) is 9.62. The van der Waals surface area contributed by atoms with Crippen LogP contribution in [-0.4, -0.2) is 30.0 Å². The van der Waals surface area contributed by atoms with Crippen LogP contribution in [-0.2, 0) is 13.5 Å². The molecule has 2 rings (SSSR count). The quantitative estimate of drug-likeness (QED) is 0.880. The van der Waals surface area contributed by atoms with Gasteiger partial charge in [-0.3, -0.25) is 4.68 Å². The van der Waals surface area contributed by atoms with E-state index in [-0.39, 0.29) is 0 Å². The molecule has 0 fully saturated rings. The summed E-state index contributed by atoms with van der Waals surface area (Å²) in [6.45, 7) is 2.14. The lowest BCUT2D eigenvalue weighted by Crippen LogP contribution is -2.17. The molecule has 1 aromatic heterocycles. The molecule has 0 saturated carbocycles. The predicted molar refractivity (Wildman–Crippen MR) is 79.5 cm³/mol. The Morgan fingerprint density at radius 1 is 1.25 bits per heavy atom. The van der Waals surface area contributed by atoms with E-state index in [1.165, 1.54) is 5.56 Å². The van der Waals surface area contributed by atoms with Crippen molar-refractivity contribution in [2.75, 3.05) is 19.5 Å². The number of benzene rings is 1. The molecule has 0 aliphatic carbocycles. The Balaban J connectivity index is 2.02. The molecule has 0 saturated heterocycles. The first-order valence-corrected chi connectivity index (χ1v) is 6.58. The van der Waals surface area contributed by atoms with Gasteiger partial charge in [0.15, 0.2) is 11.5 Å². The maximum atomic E-state index is 5.32. The first-order valence-electron chi connectivity index (χ1n) is 6.58. The van der Waals surface area contributed by atoms with Crippen LogP contribution in [0.4, 0.5) is 5.69 Å². The number of nitrogens with zero attached hydrogens (tertiary/aromatic N) is 2. The molecule has 108 valence electrons. The molecule has 1 N–H and O–H groups in total. The molecule has 0 amide bonds. The highest BCUT2D eigenvalue weighted by molar-refractivity contribution is 5.44. The third-order valence-corrected chi connectivity index (χ3v) is 3.11. The third-order valence-electron chi connectivity index (χ3n) is 3.11. The number of hydrogen-bond donors (Lipinski definition) is 1. The van der Waals surface area contributed by atoms with Crippen LogP contribution in [0.15, 0.2) is 30.6 Å². The van der Waals surface area contributed by atoms with Crippen LogP contribution in [0.25, 0.3) is 0 Å². The van der Waals surface area contributed by atoms with Gasteiger partial charge < -0.3 is 14.8 Å². The van der Waals surface area contributed by atoms with Gasteiger partial charge in [-0.15, -0.1) is 0 Å². The average molecular weight is 275 g/mol. The smallest absolute Gasteiger partial charge is 0.160 e. The van der Waals surface area contributed by atoms with Gasteiger partial charge in [0.1, 0.15) is 0 Å². The molecule has 1 unspecified atom stereocenters. The van der Waals surface area contributed by atoms with Gasteiger partial charge in [0.05, 0.1) is 26.1 Å². The van der Waals surface area contributed by atoms with Gasteiger partial charge >= 0.3 is 0 Å². The zero-order valence-electron chi connectivity index (χ0n) is 12.4. The molecule has 1 aromatic carbocycles. The van der Waals surface area contributed by atoms with Gasteiger partial charge in [-0.25, -0.2) is 0 Å². The van der Waals surface area contributed by atoms with Crippen LogP contribution in [0.3, 0.4) is 0 Å². The zero-order valence-corrected chi connectivity index (χ0v) is 12.4. The molecule has 0 aliphatic rings. The molecule has 1 atom stereocenters. The molecular weight excluding hydrogens is 254 g/mol. The Kier molecular flexibility index (Phi) is 4.50. The molecule has 2 aromatic rings. The number of aromatic nitrogens is 2. The van der Waals surface area contributed by atoms with Gasteiger partial charge in [0.25, 0.3) is 0 Å². The number of anilines is 1. The fourth-order valence-corrected chi connectivity index (χ4v) is 2.19. The second-order valence-electron chi connectivity index (χ2n) is 4.84. The first kappa shape index (κ1) is 14.2. The predicted octanol–water partition coefficient (Wildman–Crippen LogP) is 2.48. The maximum absolute atomic E-state index is 5.32. The molecule has 1 heterocycles. The molecular formula is C15H21N3O2. The number of rotatable bonds is 6. The van der Waals surface area contributed by atoms with Gasteiger partial charge in [0, 0.05) is 19.3 Å². The highest BCUT2D eigenvalue weighted by Crippen LogP contribution is 2.28. The second-order valence-corrected chi connectivity index (χ2v) is 4.84. The van der Waals surface area contributed by atoms with Crippen molar-refractivity contribution >= 4 is 5.69 Å². The summed E-state index contributed by atoms with van der Waals surface area (Å²) in [6, 6.07) is 6.31. The SMILES string of the molecule is COc1ccc(CC(C)Nc2cnn(C)c2)cc1OC. The highest BCUT2D eigenvalue weighted by atomic mass is 16.5. The van der Waals surface area contributed by atoms with Crippen molar-refractivity contribution in [2.45, 2.75) is 19.4 Å². The minimum absolute atomic E-state index is 0.303. The van der Waals surface area contributed by atoms with E-state index in [1.54, 1.807) is 18.9 Å². The van der Waals surface area contributed by atoms with Gasteiger partial charge in [-0.2, -0.15) is 5.10 Å². The van der Waals surface area contributed by atoms with E-state index in [0.29, 0.717) is 6.04 Å². The standard InChI is InChI=1S/C15H21N3O2/c1-11(17-13-9-16-18(2)10-13)7-12-5-6-14(19-3)15(8-12)20-4/h5-6,8-11,17H,7H2,1-4H3. The van der Waals surface area contributed by atoms with Crippen molar-refractivity contribution in [3.8, 4) is 11.5 Å². The summed E-state index contributed by atoms with van der Waals surface area (Å²) >= 11 is 0. The Morgan fingerprint density at radius 2 is 2.00 bits per heavy atom. The van der Waals surface area contributed by atoms with Crippen molar-refractivity contribution < 1.29 is 9.47 Å². The van der Waals surface area contributed by atoms with Crippen molar-refractivity contribution in [3.05, 3.63) is 36.2 Å². The summed E-state index contributed by atoms with van der Waals surface area (Å²) in [5, 5.41) is 7.57. The van der Waals surface area contributed by atoms with Crippen LogP contribution in [0.5, 0.6) is 11.5 Å². The minimum Gasteiger partial charge on any atom is -0.493 e. The van der Waals surface area contributed by atoms with E-state index in [4.69, 9.17) is 9.47 Å². The fourth-order valence-electron chi connectivity index (χ4n) is 2.19. The summed E-state index contributed by atoms with van der Waals surface area (Å²) in [5.74, 6) is 1.52. The molecule has 0 aliphatic heterocycles. The maximum Gasteiger partial charge on any atom is 0.160 e. The van der Waals surface area contributed by atoms with Crippen LogP contribution in [0.2, 0.25) is 0 Å². The van der Waals surface area contributed by atoms with E-state index in [0.717, 1.165) is 23.6 Å². The lowest BCUT2D eigenvalue weighted by atomic mass is 10.1. The van der Waals surface area contributed by atoms with Gasteiger partial charge in [-0.05, 0) is 31.0 Å². The molecule has 0 bridgehead atoms. The van der Waals surface area contributed by atoms with E-state index < -0.39 is 0 Å². The molecule has 0 radical (unpaired) electrons. The number of aryl methyl sites for hydroxylation is 1. The molecule has 20 heavy (non-hydrogen) atoms. The Labute approximate surface area is 119 Å². The second kappa shape index (κ2) is 6.32. The minimum atomic E-state index is 0.303. The highest BCUT2D eigenvalue weighted by Gasteiger charge is 2.08.